The Labute approximate surface area is 246 Å². The highest BCUT2D eigenvalue weighted by Crippen LogP contribution is 2.31. The van der Waals surface area contributed by atoms with Gasteiger partial charge in [0, 0.05) is 0 Å². The number of aliphatic carboxylic acids is 1. The van der Waals surface area contributed by atoms with Crippen LogP contribution in [-0.2, 0) is 48.3 Å². The van der Waals surface area contributed by atoms with E-state index in [1.807, 2.05) is 91.0 Å². The molecule has 0 spiro atoms. The van der Waals surface area contributed by atoms with E-state index >= 15 is 0 Å². The summed E-state index contributed by atoms with van der Waals surface area (Å²) in [6.07, 6.45) is -5.64. The van der Waals surface area contributed by atoms with Crippen molar-refractivity contribution in [2.24, 2.45) is 0 Å². The van der Waals surface area contributed by atoms with Crippen molar-refractivity contribution in [2.75, 3.05) is 0 Å². The lowest BCUT2D eigenvalue weighted by molar-refractivity contribution is -0.270. The van der Waals surface area contributed by atoms with Crippen LogP contribution >= 0.6 is 0 Å². The fraction of sp³-hybridized carbons (Fsp3) is 0.394. The van der Waals surface area contributed by atoms with Crippen LogP contribution in [0.1, 0.15) is 43.9 Å². The third-order valence-electron chi connectivity index (χ3n) is 6.52. The molecule has 42 heavy (non-hydrogen) atoms. The van der Waals surface area contributed by atoms with Gasteiger partial charge in [-0.3, -0.25) is 10.1 Å². The molecule has 0 bridgehead atoms. The Kier molecular flexibility index (Phi) is 11.1. The topological polar surface area (TPSA) is 113 Å². The summed E-state index contributed by atoms with van der Waals surface area (Å²) in [5.74, 6) is -1.07. The summed E-state index contributed by atoms with van der Waals surface area (Å²) in [5.41, 5.74) is 1.97. The summed E-state index contributed by atoms with van der Waals surface area (Å²) in [4.78, 5) is 24.9. The van der Waals surface area contributed by atoms with Crippen LogP contribution in [-0.4, -0.2) is 53.4 Å². The predicted molar refractivity (Wildman–Crippen MR) is 155 cm³/mol. The van der Waals surface area contributed by atoms with E-state index in [4.69, 9.17) is 23.7 Å². The molecule has 9 heteroatoms. The minimum absolute atomic E-state index is 0.196. The van der Waals surface area contributed by atoms with Crippen LogP contribution in [0.2, 0.25) is 0 Å². The van der Waals surface area contributed by atoms with Crippen molar-refractivity contribution in [3.8, 4) is 0 Å². The highest BCUT2D eigenvalue weighted by atomic mass is 16.6. The Morgan fingerprint density at radius 2 is 1.14 bits per heavy atom. The maximum absolute atomic E-state index is 12.9. The molecule has 0 radical (unpaired) electrons. The van der Waals surface area contributed by atoms with E-state index in [2.05, 4.69) is 5.32 Å². The largest absolute Gasteiger partial charge is 0.481 e. The van der Waals surface area contributed by atoms with Crippen LogP contribution in [0, 0.1) is 0 Å². The van der Waals surface area contributed by atoms with Crippen molar-refractivity contribution in [3.63, 3.8) is 0 Å². The Balaban J connectivity index is 1.67. The van der Waals surface area contributed by atoms with Gasteiger partial charge in [0.25, 0.3) is 0 Å². The third kappa shape index (κ3) is 9.66. The predicted octanol–water partition coefficient (Wildman–Crippen LogP) is 5.47. The summed E-state index contributed by atoms with van der Waals surface area (Å²) >= 11 is 0. The lowest BCUT2D eigenvalue weighted by Crippen LogP contribution is -2.65. The molecule has 224 valence electrons. The molecule has 0 unspecified atom stereocenters. The first-order valence-corrected chi connectivity index (χ1v) is 14.0. The number of hydrogen-bond acceptors (Lipinski definition) is 7. The van der Waals surface area contributed by atoms with Gasteiger partial charge in [-0.25, -0.2) is 4.79 Å². The second-order valence-electron chi connectivity index (χ2n) is 11.1. The van der Waals surface area contributed by atoms with Crippen LogP contribution in [0.15, 0.2) is 91.0 Å². The number of benzene rings is 3. The van der Waals surface area contributed by atoms with Gasteiger partial charge in [0.1, 0.15) is 23.9 Å². The first kappa shape index (κ1) is 31.2. The highest BCUT2D eigenvalue weighted by molar-refractivity contribution is 5.68. The van der Waals surface area contributed by atoms with E-state index in [0.717, 1.165) is 16.7 Å². The zero-order chi connectivity index (χ0) is 30.0. The summed E-state index contributed by atoms with van der Waals surface area (Å²) in [6.45, 7) is 5.87. The molecule has 1 heterocycles. The van der Waals surface area contributed by atoms with Crippen LogP contribution in [0.5, 0.6) is 0 Å². The average molecular weight is 578 g/mol. The molecule has 0 aliphatic carbocycles. The monoisotopic (exact) mass is 577 g/mol. The maximum Gasteiger partial charge on any atom is 0.409 e. The lowest BCUT2D eigenvalue weighted by atomic mass is 9.94. The molecular weight excluding hydrogens is 538 g/mol. The lowest BCUT2D eigenvalue weighted by Gasteiger charge is -2.46. The second kappa shape index (κ2) is 14.9. The van der Waals surface area contributed by atoms with Crippen LogP contribution < -0.4 is 5.32 Å². The van der Waals surface area contributed by atoms with Crippen LogP contribution in [0.4, 0.5) is 4.79 Å². The van der Waals surface area contributed by atoms with Crippen molar-refractivity contribution in [1.82, 2.24) is 5.32 Å². The molecule has 1 aliphatic rings. The molecule has 1 fully saturated rings. The minimum Gasteiger partial charge on any atom is -0.481 e. The van der Waals surface area contributed by atoms with Gasteiger partial charge in [-0.15, -0.1) is 0 Å². The van der Waals surface area contributed by atoms with E-state index in [-0.39, 0.29) is 26.2 Å². The molecule has 4 rings (SSSR count). The molecule has 2 N–H and O–H groups in total. The van der Waals surface area contributed by atoms with Gasteiger partial charge < -0.3 is 28.8 Å². The van der Waals surface area contributed by atoms with Gasteiger partial charge in [0.15, 0.2) is 6.23 Å². The molecule has 9 nitrogen and oxygen atoms in total. The molecule has 5 atom stereocenters. The summed E-state index contributed by atoms with van der Waals surface area (Å²) < 4.78 is 31.0. The van der Waals surface area contributed by atoms with E-state index in [1.165, 1.54) is 0 Å². The Morgan fingerprint density at radius 1 is 0.714 bits per heavy atom. The minimum atomic E-state index is -1.08. The van der Waals surface area contributed by atoms with Crippen molar-refractivity contribution < 1.29 is 38.4 Å². The molecule has 0 saturated carbocycles. The Bertz CT molecular complexity index is 1250. The normalized spacial score (nSPS) is 22.3. The zero-order valence-corrected chi connectivity index (χ0v) is 24.2. The van der Waals surface area contributed by atoms with Crippen molar-refractivity contribution in [1.29, 1.82) is 0 Å². The fourth-order valence-corrected chi connectivity index (χ4v) is 4.66. The summed E-state index contributed by atoms with van der Waals surface area (Å²) in [6, 6.07) is 28.8. The number of carboxylic acids is 1. The molecule has 0 aromatic heterocycles. The van der Waals surface area contributed by atoms with Gasteiger partial charge in [0.05, 0.1) is 32.3 Å². The first-order chi connectivity index (χ1) is 20.2. The standard InChI is InChI=1S/C33H39NO8/c1-33(2,3)42-32(37)34-31-30(40-22-25-17-11-6-12-18-25)29(39-21-24-15-9-5-10-16-24)28(26(41-31)19-27(35)36)38-20-23-13-7-4-8-14-23/h4-18,26,28-31H,19-22H2,1-3H3,(H,34,37)(H,35,36)/t26-,28-,29+,30-,31-/m0/s1. The molecule has 3 aromatic carbocycles. The van der Waals surface area contributed by atoms with Crippen LogP contribution in [0.3, 0.4) is 0 Å². The quantitative estimate of drug-likeness (QED) is 0.292. The molecule has 3 aromatic rings. The van der Waals surface area contributed by atoms with Crippen molar-refractivity contribution >= 4 is 12.1 Å². The van der Waals surface area contributed by atoms with E-state index < -0.39 is 48.3 Å². The van der Waals surface area contributed by atoms with E-state index in [0.29, 0.717) is 0 Å². The van der Waals surface area contributed by atoms with Gasteiger partial charge in [-0.1, -0.05) is 91.0 Å². The maximum atomic E-state index is 12.9. The smallest absolute Gasteiger partial charge is 0.409 e. The zero-order valence-electron chi connectivity index (χ0n) is 24.2. The Hall–Kier alpha value is -3.76. The number of nitrogens with one attached hydrogen (secondary N) is 1. The molecule has 1 saturated heterocycles. The Morgan fingerprint density at radius 3 is 1.57 bits per heavy atom. The molecule has 1 amide bonds. The van der Waals surface area contributed by atoms with E-state index in [9.17, 15) is 14.7 Å². The average Bonchev–Trinajstić information content (AvgIpc) is 2.95. The number of rotatable bonds is 12. The number of amides is 1. The molecule has 1 aliphatic heterocycles. The second-order valence-corrected chi connectivity index (χ2v) is 11.1. The molecular formula is C33H39NO8. The number of hydrogen-bond donors (Lipinski definition) is 2. The van der Waals surface area contributed by atoms with Gasteiger partial charge >= 0.3 is 12.1 Å². The number of carbonyl (C=O) groups is 2. The van der Waals surface area contributed by atoms with Crippen LogP contribution in [0.25, 0.3) is 0 Å². The van der Waals surface area contributed by atoms with Gasteiger partial charge in [-0.05, 0) is 37.5 Å². The highest BCUT2D eigenvalue weighted by Gasteiger charge is 2.49. The number of ether oxygens (including phenoxy) is 5. The SMILES string of the molecule is CC(C)(C)OC(=O)N[C@H]1O[C@@H](CC(=O)O)[C@H](OCc2ccccc2)[C@@H](OCc2ccccc2)[C@@H]1OCc1ccccc1. The third-order valence-corrected chi connectivity index (χ3v) is 6.52. The number of carboxylic acid groups (broad SMARTS) is 1. The van der Waals surface area contributed by atoms with Gasteiger partial charge in [-0.2, -0.15) is 0 Å². The number of alkyl carbamates (subject to hydrolysis) is 1. The van der Waals surface area contributed by atoms with E-state index in [1.54, 1.807) is 20.8 Å². The van der Waals surface area contributed by atoms with Crippen molar-refractivity contribution in [2.45, 2.75) is 83.3 Å². The fourth-order valence-electron chi connectivity index (χ4n) is 4.66. The van der Waals surface area contributed by atoms with Gasteiger partial charge in [0.2, 0.25) is 0 Å². The first-order valence-electron chi connectivity index (χ1n) is 14.0. The van der Waals surface area contributed by atoms with Crippen molar-refractivity contribution in [3.05, 3.63) is 108 Å². The summed E-state index contributed by atoms with van der Waals surface area (Å²) in [5, 5.41) is 12.5. The summed E-state index contributed by atoms with van der Waals surface area (Å²) in [7, 11) is 0. The number of carbonyl (C=O) groups excluding carboxylic acids is 1.